The number of ether oxygens (including phenoxy) is 2. The van der Waals surface area contributed by atoms with Crippen molar-refractivity contribution in [3.8, 4) is 17.2 Å². The van der Waals surface area contributed by atoms with Crippen molar-refractivity contribution in [2.45, 2.75) is 32.7 Å². The van der Waals surface area contributed by atoms with Crippen LogP contribution >= 0.6 is 0 Å². The number of nitrogens with zero attached hydrogens (tertiary/aromatic N) is 1. The normalized spacial score (nSPS) is 16.5. The zero-order valence-corrected chi connectivity index (χ0v) is 20.1. The van der Waals surface area contributed by atoms with E-state index in [0.29, 0.717) is 31.7 Å². The second-order valence-corrected chi connectivity index (χ2v) is 8.93. The number of carbonyl (C=O) groups excluding carboxylic acids is 2. The first-order chi connectivity index (χ1) is 17.4. The Kier molecular flexibility index (Phi) is 8.00. The minimum absolute atomic E-state index is 0.0522. The molecule has 1 saturated carbocycles. The average molecular weight is 488 g/mol. The molecular formula is C29H29NO6. The van der Waals surface area contributed by atoms with Crippen LogP contribution in [0.3, 0.4) is 0 Å². The zero-order valence-electron chi connectivity index (χ0n) is 20.1. The third-order valence-corrected chi connectivity index (χ3v) is 6.22. The molecule has 36 heavy (non-hydrogen) atoms. The topological polar surface area (TPSA) is 93.1 Å². The average Bonchev–Trinajstić information content (AvgIpc) is 2.85. The number of rotatable bonds is 10. The molecule has 3 aromatic carbocycles. The molecule has 3 aromatic rings. The van der Waals surface area contributed by atoms with Crippen molar-refractivity contribution >= 4 is 17.8 Å². The summed E-state index contributed by atoms with van der Waals surface area (Å²) in [4.78, 5) is 38.4. The lowest BCUT2D eigenvalue weighted by Crippen LogP contribution is -2.44. The van der Waals surface area contributed by atoms with Crippen LogP contribution in [0.15, 0.2) is 78.9 Å². The van der Waals surface area contributed by atoms with Gasteiger partial charge in [0.2, 0.25) is 5.91 Å². The Morgan fingerprint density at radius 2 is 1.44 bits per heavy atom. The first-order valence-electron chi connectivity index (χ1n) is 12.1. The number of carboxylic acid groups (broad SMARTS) is 1. The van der Waals surface area contributed by atoms with E-state index < -0.39 is 11.9 Å². The fourth-order valence-corrected chi connectivity index (χ4v) is 4.18. The number of carbonyl (C=O) groups is 3. The van der Waals surface area contributed by atoms with Crippen LogP contribution in [-0.2, 0) is 16.1 Å². The van der Waals surface area contributed by atoms with E-state index in [9.17, 15) is 14.4 Å². The minimum atomic E-state index is -1.04. The number of amides is 1. The largest absolute Gasteiger partial charge is 0.478 e. The first kappa shape index (κ1) is 25.0. The number of aromatic carboxylic acids is 1. The Hall–Kier alpha value is -4.13. The highest BCUT2D eigenvalue weighted by Gasteiger charge is 2.41. The molecule has 0 bridgehead atoms. The Balaban J connectivity index is 1.29. The Morgan fingerprint density at radius 3 is 2.06 bits per heavy atom. The quantitative estimate of drug-likeness (QED) is 0.298. The second-order valence-electron chi connectivity index (χ2n) is 8.93. The lowest BCUT2D eigenvalue weighted by molar-refractivity contribution is -0.149. The van der Waals surface area contributed by atoms with E-state index in [1.165, 1.54) is 24.3 Å². The van der Waals surface area contributed by atoms with Gasteiger partial charge in [-0.3, -0.25) is 9.59 Å². The molecule has 0 atom stereocenters. The van der Waals surface area contributed by atoms with Gasteiger partial charge in [-0.05, 0) is 73.4 Å². The number of benzene rings is 3. The molecule has 7 nitrogen and oxygen atoms in total. The van der Waals surface area contributed by atoms with Crippen LogP contribution in [-0.4, -0.2) is 34.4 Å². The van der Waals surface area contributed by atoms with Crippen molar-refractivity contribution < 1.29 is 29.0 Å². The molecule has 0 heterocycles. The van der Waals surface area contributed by atoms with Crippen LogP contribution in [0, 0.1) is 11.8 Å². The molecule has 7 heteroatoms. The van der Waals surface area contributed by atoms with Gasteiger partial charge in [-0.25, -0.2) is 4.79 Å². The summed E-state index contributed by atoms with van der Waals surface area (Å²) in [6.07, 6.45) is 1.75. The molecule has 1 amide bonds. The van der Waals surface area contributed by atoms with Gasteiger partial charge in [-0.2, -0.15) is 0 Å². The summed E-state index contributed by atoms with van der Waals surface area (Å²) in [7, 11) is 0. The van der Waals surface area contributed by atoms with Gasteiger partial charge in [0.05, 0.1) is 11.5 Å². The minimum Gasteiger partial charge on any atom is -0.478 e. The molecular weight excluding hydrogens is 458 g/mol. The van der Waals surface area contributed by atoms with E-state index in [2.05, 4.69) is 0 Å². The molecule has 0 spiro atoms. The molecule has 0 unspecified atom stereocenters. The van der Waals surface area contributed by atoms with E-state index in [0.717, 1.165) is 23.5 Å². The van der Waals surface area contributed by atoms with Crippen molar-refractivity contribution in [2.24, 2.45) is 11.8 Å². The molecule has 0 aromatic heterocycles. The predicted octanol–water partition coefficient (Wildman–Crippen LogP) is 5.55. The van der Waals surface area contributed by atoms with Crippen LogP contribution in [0.25, 0.3) is 0 Å². The maximum Gasteiger partial charge on any atom is 0.335 e. The van der Waals surface area contributed by atoms with Crippen molar-refractivity contribution in [2.75, 3.05) is 6.54 Å². The van der Waals surface area contributed by atoms with Gasteiger partial charge in [0.1, 0.15) is 17.2 Å². The molecule has 0 aliphatic heterocycles. The Morgan fingerprint density at radius 1 is 0.833 bits per heavy atom. The van der Waals surface area contributed by atoms with Crippen molar-refractivity contribution in [1.82, 2.24) is 4.90 Å². The van der Waals surface area contributed by atoms with Crippen molar-refractivity contribution in [3.63, 3.8) is 0 Å². The van der Waals surface area contributed by atoms with E-state index in [4.69, 9.17) is 14.6 Å². The number of para-hydroxylation sites is 1. The van der Waals surface area contributed by atoms with Crippen molar-refractivity contribution in [3.05, 3.63) is 90.0 Å². The number of carboxylic acids is 1. The van der Waals surface area contributed by atoms with E-state index in [1.54, 1.807) is 0 Å². The number of esters is 1. The standard InChI is InChI=1S/C29H29NO6/c1-2-16-30(19-20-8-12-25(13-9-20)35-24-6-4-3-5-7-24)27(31)22-17-23(18-22)29(34)36-26-14-10-21(11-15-26)28(32)33/h3-15,22-23H,2,16-19H2,1H3,(H,32,33). The fourth-order valence-electron chi connectivity index (χ4n) is 4.18. The summed E-state index contributed by atoms with van der Waals surface area (Å²) in [6, 6.07) is 23.0. The SMILES string of the molecule is CCCN(Cc1ccc(Oc2ccccc2)cc1)C(=O)C1CC(C(=O)Oc2ccc(C(=O)O)cc2)C1. The summed E-state index contributed by atoms with van der Waals surface area (Å²) in [5.74, 6) is -0.122. The van der Waals surface area contributed by atoms with Gasteiger partial charge in [0, 0.05) is 19.0 Å². The molecule has 1 aliphatic carbocycles. The van der Waals surface area contributed by atoms with Gasteiger partial charge in [-0.1, -0.05) is 37.3 Å². The lowest BCUT2D eigenvalue weighted by atomic mass is 9.74. The highest BCUT2D eigenvalue weighted by atomic mass is 16.5. The highest BCUT2D eigenvalue weighted by molar-refractivity contribution is 5.88. The Labute approximate surface area is 210 Å². The van der Waals surface area contributed by atoms with E-state index in [-0.39, 0.29) is 23.3 Å². The smallest absolute Gasteiger partial charge is 0.335 e. The molecule has 1 fully saturated rings. The molecule has 4 rings (SSSR count). The van der Waals surface area contributed by atoms with Gasteiger partial charge >= 0.3 is 11.9 Å². The summed E-state index contributed by atoms with van der Waals surface area (Å²) in [6.45, 7) is 3.18. The monoisotopic (exact) mass is 487 g/mol. The maximum absolute atomic E-state index is 13.1. The summed E-state index contributed by atoms with van der Waals surface area (Å²) >= 11 is 0. The number of hydrogen-bond donors (Lipinski definition) is 1. The summed E-state index contributed by atoms with van der Waals surface area (Å²) in [5, 5.41) is 8.97. The third-order valence-electron chi connectivity index (χ3n) is 6.22. The molecule has 186 valence electrons. The molecule has 0 saturated heterocycles. The van der Waals surface area contributed by atoms with Crippen LogP contribution < -0.4 is 9.47 Å². The molecule has 1 aliphatic rings. The van der Waals surface area contributed by atoms with Gasteiger partial charge in [0.15, 0.2) is 0 Å². The lowest BCUT2D eigenvalue weighted by Gasteiger charge is -2.36. The molecule has 1 N–H and O–H groups in total. The summed E-state index contributed by atoms with van der Waals surface area (Å²) in [5.41, 5.74) is 1.13. The van der Waals surface area contributed by atoms with Crippen LogP contribution in [0.1, 0.15) is 42.1 Å². The predicted molar refractivity (Wildman–Crippen MR) is 134 cm³/mol. The fraction of sp³-hybridized carbons (Fsp3) is 0.276. The van der Waals surface area contributed by atoms with Gasteiger partial charge in [0.25, 0.3) is 0 Å². The maximum atomic E-state index is 13.1. The van der Waals surface area contributed by atoms with Crippen molar-refractivity contribution in [1.29, 1.82) is 0 Å². The third kappa shape index (κ3) is 6.30. The van der Waals surface area contributed by atoms with Crippen LogP contribution in [0.5, 0.6) is 17.2 Å². The van der Waals surface area contributed by atoms with E-state index >= 15 is 0 Å². The second kappa shape index (κ2) is 11.5. The molecule has 0 radical (unpaired) electrons. The zero-order chi connectivity index (χ0) is 25.5. The van der Waals surface area contributed by atoms with Gasteiger partial charge in [-0.15, -0.1) is 0 Å². The van der Waals surface area contributed by atoms with Crippen LogP contribution in [0.4, 0.5) is 0 Å². The van der Waals surface area contributed by atoms with Gasteiger partial charge < -0.3 is 19.5 Å². The summed E-state index contributed by atoms with van der Waals surface area (Å²) < 4.78 is 11.2. The van der Waals surface area contributed by atoms with E-state index in [1.807, 2.05) is 66.4 Å². The first-order valence-corrected chi connectivity index (χ1v) is 12.1. The highest BCUT2D eigenvalue weighted by Crippen LogP contribution is 2.36. The van der Waals surface area contributed by atoms with Crippen LogP contribution in [0.2, 0.25) is 0 Å². The number of hydrogen-bond acceptors (Lipinski definition) is 5. The Bertz CT molecular complexity index is 1180.